The molecule has 0 saturated heterocycles. The highest BCUT2D eigenvalue weighted by atomic mass is 35.5. The predicted octanol–water partition coefficient (Wildman–Crippen LogP) is 3.00. The Labute approximate surface area is 132 Å². The molecular formula is C15H25ClN2OS. The number of carbonyl (C=O) groups excluding carboxylic acids is 1. The van der Waals surface area contributed by atoms with Gasteiger partial charge in [-0.05, 0) is 30.7 Å². The predicted molar refractivity (Wildman–Crippen MR) is 90.1 cm³/mol. The van der Waals surface area contributed by atoms with Gasteiger partial charge in [0.05, 0.1) is 5.75 Å². The molecule has 0 radical (unpaired) electrons. The van der Waals surface area contributed by atoms with Gasteiger partial charge in [-0.2, -0.15) is 0 Å². The van der Waals surface area contributed by atoms with E-state index in [1.54, 1.807) is 16.7 Å². The molecule has 1 aromatic rings. The fourth-order valence-corrected chi connectivity index (χ4v) is 2.45. The lowest BCUT2D eigenvalue weighted by molar-refractivity contribution is -0.127. The molecule has 0 atom stereocenters. The van der Waals surface area contributed by atoms with E-state index in [0.717, 1.165) is 18.0 Å². The Morgan fingerprint density at radius 3 is 2.40 bits per heavy atom. The van der Waals surface area contributed by atoms with Gasteiger partial charge in [0.2, 0.25) is 5.91 Å². The number of rotatable bonds is 7. The summed E-state index contributed by atoms with van der Waals surface area (Å²) in [7, 11) is 3.74. The van der Waals surface area contributed by atoms with Gasteiger partial charge in [-0.15, -0.1) is 24.2 Å². The number of amides is 1. The zero-order chi connectivity index (χ0) is 14.3. The minimum absolute atomic E-state index is 0. The van der Waals surface area contributed by atoms with Gasteiger partial charge in [-0.3, -0.25) is 4.79 Å². The number of thioether (sulfide) groups is 1. The number of hydrogen-bond acceptors (Lipinski definition) is 3. The van der Waals surface area contributed by atoms with Gasteiger partial charge in [0, 0.05) is 25.0 Å². The maximum Gasteiger partial charge on any atom is 0.232 e. The van der Waals surface area contributed by atoms with Crippen molar-refractivity contribution in [2.75, 3.05) is 32.9 Å². The summed E-state index contributed by atoms with van der Waals surface area (Å²) < 4.78 is 0. The third kappa shape index (κ3) is 6.64. The molecule has 0 aliphatic carbocycles. The van der Waals surface area contributed by atoms with Crippen LogP contribution in [0.5, 0.6) is 0 Å². The second-order valence-electron chi connectivity index (χ2n) is 4.93. The molecule has 0 spiro atoms. The van der Waals surface area contributed by atoms with E-state index < -0.39 is 0 Å². The van der Waals surface area contributed by atoms with Crippen molar-refractivity contribution in [1.82, 2.24) is 10.2 Å². The normalized spacial score (nSPS) is 10.2. The van der Waals surface area contributed by atoms with Crippen molar-refractivity contribution in [1.29, 1.82) is 0 Å². The molecule has 20 heavy (non-hydrogen) atoms. The van der Waals surface area contributed by atoms with Crippen LogP contribution in [-0.2, 0) is 4.79 Å². The molecular weight excluding hydrogens is 292 g/mol. The molecule has 0 unspecified atom stereocenters. The van der Waals surface area contributed by atoms with Gasteiger partial charge in [0.25, 0.3) is 0 Å². The molecule has 0 aromatic heterocycles. The van der Waals surface area contributed by atoms with Gasteiger partial charge in [-0.1, -0.05) is 26.0 Å². The Bertz CT molecular complexity index is 395. The fourth-order valence-electron chi connectivity index (χ4n) is 1.61. The van der Waals surface area contributed by atoms with Crippen LogP contribution in [0.4, 0.5) is 0 Å². The Hall–Kier alpha value is -0.710. The standard InChI is InChI=1S/C15H24N2OS.ClH/c1-12(2)13-5-7-14(8-6-13)19-11-15(18)17(4)10-9-16-3;/h5-8,12,16H,9-11H2,1-4H3;1H. The minimum Gasteiger partial charge on any atom is -0.344 e. The summed E-state index contributed by atoms with van der Waals surface area (Å²) >= 11 is 1.60. The van der Waals surface area contributed by atoms with E-state index in [0.29, 0.717) is 11.7 Å². The van der Waals surface area contributed by atoms with E-state index in [2.05, 4.69) is 43.4 Å². The number of likely N-dealkylation sites (N-methyl/N-ethyl adjacent to an activating group) is 2. The van der Waals surface area contributed by atoms with Crippen LogP contribution in [0.2, 0.25) is 0 Å². The molecule has 1 aromatic carbocycles. The smallest absolute Gasteiger partial charge is 0.232 e. The number of nitrogens with zero attached hydrogens (tertiary/aromatic N) is 1. The molecule has 5 heteroatoms. The van der Waals surface area contributed by atoms with Crippen LogP contribution >= 0.6 is 24.2 Å². The molecule has 0 heterocycles. The van der Waals surface area contributed by atoms with Crippen LogP contribution in [-0.4, -0.2) is 43.7 Å². The Morgan fingerprint density at radius 2 is 1.90 bits per heavy atom. The number of carbonyl (C=O) groups is 1. The summed E-state index contributed by atoms with van der Waals surface area (Å²) in [5.74, 6) is 1.22. The SMILES string of the molecule is CNCCN(C)C(=O)CSc1ccc(C(C)C)cc1.Cl. The molecule has 114 valence electrons. The first-order valence-corrected chi connectivity index (χ1v) is 7.64. The third-order valence-corrected chi connectivity index (χ3v) is 4.03. The molecule has 0 aliphatic rings. The molecule has 1 rings (SSSR count). The first-order valence-electron chi connectivity index (χ1n) is 6.66. The zero-order valence-corrected chi connectivity index (χ0v) is 14.3. The summed E-state index contributed by atoms with van der Waals surface area (Å²) in [4.78, 5) is 14.8. The van der Waals surface area contributed by atoms with Crippen LogP contribution in [0.3, 0.4) is 0 Å². The van der Waals surface area contributed by atoms with Crippen LogP contribution in [0, 0.1) is 0 Å². The van der Waals surface area contributed by atoms with Crippen LogP contribution in [0.15, 0.2) is 29.2 Å². The van der Waals surface area contributed by atoms with E-state index in [9.17, 15) is 4.79 Å². The summed E-state index contributed by atoms with van der Waals surface area (Å²) in [6, 6.07) is 8.48. The average Bonchev–Trinajstić information content (AvgIpc) is 2.42. The van der Waals surface area contributed by atoms with Crippen molar-refractivity contribution in [2.45, 2.75) is 24.7 Å². The molecule has 0 saturated carbocycles. The quantitative estimate of drug-likeness (QED) is 0.785. The Morgan fingerprint density at radius 1 is 1.30 bits per heavy atom. The monoisotopic (exact) mass is 316 g/mol. The zero-order valence-electron chi connectivity index (χ0n) is 12.7. The van der Waals surface area contributed by atoms with Gasteiger partial charge in [0.15, 0.2) is 0 Å². The van der Waals surface area contributed by atoms with Crippen molar-refractivity contribution in [3.8, 4) is 0 Å². The number of nitrogens with one attached hydrogen (secondary N) is 1. The fraction of sp³-hybridized carbons (Fsp3) is 0.533. The number of halogens is 1. The summed E-state index contributed by atoms with van der Waals surface area (Å²) in [5.41, 5.74) is 1.34. The summed E-state index contributed by atoms with van der Waals surface area (Å²) in [6.45, 7) is 5.95. The molecule has 1 amide bonds. The van der Waals surface area contributed by atoms with Crippen LogP contribution in [0.25, 0.3) is 0 Å². The van der Waals surface area contributed by atoms with E-state index in [-0.39, 0.29) is 18.3 Å². The maximum atomic E-state index is 11.9. The molecule has 0 aliphatic heterocycles. The van der Waals surface area contributed by atoms with E-state index in [1.807, 2.05) is 14.1 Å². The van der Waals surface area contributed by atoms with E-state index in [1.165, 1.54) is 5.56 Å². The maximum absolute atomic E-state index is 11.9. The minimum atomic E-state index is 0. The first-order chi connectivity index (χ1) is 9.04. The van der Waals surface area contributed by atoms with Crippen LogP contribution < -0.4 is 5.32 Å². The highest BCUT2D eigenvalue weighted by Crippen LogP contribution is 2.21. The van der Waals surface area contributed by atoms with E-state index in [4.69, 9.17) is 0 Å². The average molecular weight is 317 g/mol. The Kier molecular flexibility index (Phi) is 9.72. The van der Waals surface area contributed by atoms with Crippen LogP contribution in [0.1, 0.15) is 25.3 Å². The highest BCUT2D eigenvalue weighted by Gasteiger charge is 2.08. The van der Waals surface area contributed by atoms with Crippen molar-refractivity contribution >= 4 is 30.1 Å². The second-order valence-corrected chi connectivity index (χ2v) is 5.98. The van der Waals surface area contributed by atoms with Crippen molar-refractivity contribution in [3.05, 3.63) is 29.8 Å². The van der Waals surface area contributed by atoms with Gasteiger partial charge in [0.1, 0.15) is 0 Å². The lowest BCUT2D eigenvalue weighted by Crippen LogP contribution is -2.33. The van der Waals surface area contributed by atoms with Crippen molar-refractivity contribution in [2.24, 2.45) is 0 Å². The second kappa shape index (κ2) is 10.1. The van der Waals surface area contributed by atoms with Gasteiger partial charge in [-0.25, -0.2) is 0 Å². The summed E-state index contributed by atoms with van der Waals surface area (Å²) in [6.07, 6.45) is 0. The molecule has 0 fully saturated rings. The Balaban J connectivity index is 0.00000361. The molecule has 3 nitrogen and oxygen atoms in total. The highest BCUT2D eigenvalue weighted by molar-refractivity contribution is 8.00. The lowest BCUT2D eigenvalue weighted by atomic mass is 10.0. The van der Waals surface area contributed by atoms with Crippen molar-refractivity contribution in [3.63, 3.8) is 0 Å². The van der Waals surface area contributed by atoms with Gasteiger partial charge >= 0.3 is 0 Å². The lowest BCUT2D eigenvalue weighted by Gasteiger charge is -2.16. The molecule has 1 N–H and O–H groups in total. The van der Waals surface area contributed by atoms with Crippen molar-refractivity contribution < 1.29 is 4.79 Å². The van der Waals surface area contributed by atoms with Gasteiger partial charge < -0.3 is 10.2 Å². The summed E-state index contributed by atoms with van der Waals surface area (Å²) in [5, 5.41) is 3.04. The largest absolute Gasteiger partial charge is 0.344 e. The third-order valence-electron chi connectivity index (χ3n) is 3.03. The number of hydrogen-bond donors (Lipinski definition) is 1. The molecule has 0 bridgehead atoms. The first kappa shape index (κ1) is 19.3. The topological polar surface area (TPSA) is 32.3 Å². The van der Waals surface area contributed by atoms with E-state index >= 15 is 0 Å². The number of benzene rings is 1.